The van der Waals surface area contributed by atoms with Crippen LogP contribution in [0.15, 0.2) is 182 Å². The van der Waals surface area contributed by atoms with Gasteiger partial charge in [-0.2, -0.15) is 0 Å². The molecule has 0 aliphatic heterocycles. The summed E-state index contributed by atoms with van der Waals surface area (Å²) in [6.07, 6.45) is 8.30. The molecule has 10 aromatic rings. The number of nitrogens with zero attached hydrogens (tertiary/aromatic N) is 4. The summed E-state index contributed by atoms with van der Waals surface area (Å²) in [6, 6.07) is 58.7. The van der Waals surface area contributed by atoms with E-state index in [1.165, 1.54) is 47.6 Å². The van der Waals surface area contributed by atoms with Crippen molar-refractivity contribution in [1.82, 2.24) is 19.5 Å². The molecule has 264 valence electrons. The molecule has 0 radical (unpaired) electrons. The second-order valence-corrected chi connectivity index (χ2v) is 15.4. The lowest BCUT2D eigenvalue weighted by atomic mass is 10.0. The lowest BCUT2D eigenvalue weighted by molar-refractivity contribution is 0.977. The van der Waals surface area contributed by atoms with Gasteiger partial charge in [0.2, 0.25) is 0 Å². The third-order valence-electron chi connectivity index (χ3n) is 10.9. The van der Waals surface area contributed by atoms with Crippen molar-refractivity contribution >= 4 is 58.9 Å². The number of aromatic nitrogens is 4. The van der Waals surface area contributed by atoms with E-state index in [2.05, 4.69) is 181 Å². The van der Waals surface area contributed by atoms with Crippen LogP contribution in [0.5, 0.6) is 0 Å². The summed E-state index contributed by atoms with van der Waals surface area (Å²) in [5.41, 5.74) is 11.2. The van der Waals surface area contributed by atoms with Crippen LogP contribution in [-0.2, 0) is 0 Å². The van der Waals surface area contributed by atoms with Crippen LogP contribution in [0.3, 0.4) is 0 Å². The van der Waals surface area contributed by atoms with E-state index in [1.807, 2.05) is 17.4 Å². The largest absolute Gasteiger partial charge is 0.309 e. The molecular formula is C51H34N4S. The molecule has 56 heavy (non-hydrogen) atoms. The average Bonchev–Trinajstić information content (AvgIpc) is 3.83. The Morgan fingerprint density at radius 3 is 1.98 bits per heavy atom. The maximum Gasteiger partial charge on any atom is 0.164 e. The smallest absolute Gasteiger partial charge is 0.164 e. The number of rotatable bonds is 6. The molecule has 0 atom stereocenters. The van der Waals surface area contributed by atoms with Gasteiger partial charge in [0.05, 0.1) is 11.0 Å². The molecule has 0 saturated heterocycles. The SMILES string of the molecule is C1=CCCC(c2nc(-c3ccc(-c4ccccc4)cc3)nc(-c3cccc(-n4c5ccccc5c5cc(-c6cccc7c6sc6ccccc67)ccc54)c3)n2)=C1. The minimum absolute atomic E-state index is 0.661. The topological polar surface area (TPSA) is 43.6 Å². The van der Waals surface area contributed by atoms with Gasteiger partial charge in [0.15, 0.2) is 17.5 Å². The van der Waals surface area contributed by atoms with Crippen LogP contribution in [0.25, 0.3) is 98.3 Å². The van der Waals surface area contributed by atoms with Gasteiger partial charge in [-0.15, -0.1) is 11.3 Å². The number of para-hydroxylation sites is 1. The first-order valence-electron chi connectivity index (χ1n) is 19.1. The zero-order valence-electron chi connectivity index (χ0n) is 30.4. The number of fused-ring (bicyclic) bond motifs is 6. The van der Waals surface area contributed by atoms with Crippen LogP contribution in [0.2, 0.25) is 0 Å². The van der Waals surface area contributed by atoms with Crippen molar-refractivity contribution in [3.8, 4) is 50.7 Å². The number of allylic oxidation sites excluding steroid dienone is 4. The molecule has 0 unspecified atom stereocenters. The highest BCUT2D eigenvalue weighted by atomic mass is 32.1. The van der Waals surface area contributed by atoms with Crippen molar-refractivity contribution in [2.45, 2.75) is 12.8 Å². The predicted octanol–water partition coefficient (Wildman–Crippen LogP) is 13.7. The summed E-state index contributed by atoms with van der Waals surface area (Å²) in [7, 11) is 0. The van der Waals surface area contributed by atoms with Crippen molar-refractivity contribution in [2.75, 3.05) is 0 Å². The fourth-order valence-electron chi connectivity index (χ4n) is 8.19. The number of thiophene rings is 1. The highest BCUT2D eigenvalue weighted by molar-refractivity contribution is 7.26. The van der Waals surface area contributed by atoms with E-state index in [-0.39, 0.29) is 0 Å². The minimum Gasteiger partial charge on any atom is -0.309 e. The van der Waals surface area contributed by atoms with Gasteiger partial charge in [-0.25, -0.2) is 15.0 Å². The second-order valence-electron chi connectivity index (χ2n) is 14.3. The summed E-state index contributed by atoms with van der Waals surface area (Å²) in [4.78, 5) is 15.3. The van der Waals surface area contributed by atoms with E-state index in [0.717, 1.165) is 57.7 Å². The highest BCUT2D eigenvalue weighted by Crippen LogP contribution is 2.42. The summed E-state index contributed by atoms with van der Waals surface area (Å²) < 4.78 is 5.02. The average molecular weight is 735 g/mol. The van der Waals surface area contributed by atoms with Crippen LogP contribution in [0.4, 0.5) is 0 Å². The number of hydrogen-bond donors (Lipinski definition) is 0. The molecule has 0 fully saturated rings. The quantitative estimate of drug-likeness (QED) is 0.171. The Labute approximate surface area is 328 Å². The first-order chi connectivity index (χ1) is 27.7. The van der Waals surface area contributed by atoms with Crippen LogP contribution in [0.1, 0.15) is 18.7 Å². The molecule has 0 saturated carbocycles. The molecule has 5 heteroatoms. The molecule has 0 N–H and O–H groups in total. The van der Waals surface area contributed by atoms with Gasteiger partial charge in [0, 0.05) is 47.8 Å². The molecule has 3 heterocycles. The lowest BCUT2D eigenvalue weighted by Gasteiger charge is -2.13. The molecule has 1 aliphatic carbocycles. The van der Waals surface area contributed by atoms with Crippen LogP contribution >= 0.6 is 11.3 Å². The zero-order chi connectivity index (χ0) is 37.0. The maximum absolute atomic E-state index is 5.13. The van der Waals surface area contributed by atoms with Crippen LogP contribution in [-0.4, -0.2) is 19.5 Å². The van der Waals surface area contributed by atoms with Crippen molar-refractivity contribution < 1.29 is 0 Å². The Kier molecular flexibility index (Phi) is 7.78. The van der Waals surface area contributed by atoms with Crippen molar-refractivity contribution in [1.29, 1.82) is 0 Å². The predicted molar refractivity (Wildman–Crippen MR) is 235 cm³/mol. The number of hydrogen-bond acceptors (Lipinski definition) is 4. The van der Waals surface area contributed by atoms with Gasteiger partial charge in [0.1, 0.15) is 0 Å². The fourth-order valence-corrected chi connectivity index (χ4v) is 9.42. The first-order valence-corrected chi connectivity index (χ1v) is 19.9. The minimum atomic E-state index is 0.661. The van der Waals surface area contributed by atoms with E-state index >= 15 is 0 Å². The van der Waals surface area contributed by atoms with Gasteiger partial charge in [-0.05, 0) is 77.1 Å². The summed E-state index contributed by atoms with van der Waals surface area (Å²) in [5, 5.41) is 5.08. The van der Waals surface area contributed by atoms with Gasteiger partial charge >= 0.3 is 0 Å². The van der Waals surface area contributed by atoms with Crippen molar-refractivity contribution in [3.63, 3.8) is 0 Å². The molecular weight excluding hydrogens is 701 g/mol. The molecule has 3 aromatic heterocycles. The van der Waals surface area contributed by atoms with Gasteiger partial charge < -0.3 is 4.57 Å². The monoisotopic (exact) mass is 734 g/mol. The van der Waals surface area contributed by atoms with E-state index in [1.54, 1.807) is 0 Å². The fraction of sp³-hybridized carbons (Fsp3) is 0.0392. The third kappa shape index (κ3) is 5.55. The van der Waals surface area contributed by atoms with Crippen LogP contribution < -0.4 is 0 Å². The Hall–Kier alpha value is -6.95. The second kappa shape index (κ2) is 13.4. The van der Waals surface area contributed by atoms with Gasteiger partial charge in [-0.1, -0.05) is 146 Å². The Morgan fingerprint density at radius 1 is 0.464 bits per heavy atom. The number of benzene rings is 7. The highest BCUT2D eigenvalue weighted by Gasteiger charge is 2.18. The van der Waals surface area contributed by atoms with E-state index < -0.39 is 0 Å². The molecule has 0 spiro atoms. The normalized spacial score (nSPS) is 12.9. The molecule has 4 nitrogen and oxygen atoms in total. The van der Waals surface area contributed by atoms with E-state index in [4.69, 9.17) is 15.0 Å². The van der Waals surface area contributed by atoms with Gasteiger partial charge in [-0.3, -0.25) is 0 Å². The summed E-state index contributed by atoms with van der Waals surface area (Å²) >= 11 is 1.87. The maximum atomic E-state index is 5.13. The van der Waals surface area contributed by atoms with Crippen molar-refractivity contribution in [2.24, 2.45) is 0 Å². The Bertz CT molecular complexity index is 3190. The Balaban J connectivity index is 1.04. The lowest BCUT2D eigenvalue weighted by Crippen LogP contribution is -2.04. The first kappa shape index (κ1) is 32.5. The molecule has 0 amide bonds. The summed E-state index contributed by atoms with van der Waals surface area (Å²) in [6.45, 7) is 0. The third-order valence-corrected chi connectivity index (χ3v) is 12.2. The standard InChI is InChI=1S/C51H34N4S/c1-3-13-33(14-4-1)34-25-27-36(28-26-34)50-52-49(35-15-5-2-6-16-35)53-51(54-50)38-17-11-18-39(31-38)55-45-23-9-7-19-41(45)44-32-37(29-30-46(44)55)40-21-12-22-43-42-20-8-10-24-47(42)56-48(40)43/h1-5,7-15,17-32H,6,16H2. The zero-order valence-corrected chi connectivity index (χ0v) is 31.2. The van der Waals surface area contributed by atoms with Crippen molar-refractivity contribution in [3.05, 3.63) is 188 Å². The van der Waals surface area contributed by atoms with Gasteiger partial charge in [0.25, 0.3) is 0 Å². The summed E-state index contributed by atoms with van der Waals surface area (Å²) in [5.74, 6) is 2.06. The molecule has 1 aliphatic rings. The van der Waals surface area contributed by atoms with Crippen LogP contribution in [0, 0.1) is 0 Å². The molecule has 0 bridgehead atoms. The molecule has 7 aromatic carbocycles. The van der Waals surface area contributed by atoms with E-state index in [0.29, 0.717) is 11.6 Å². The Morgan fingerprint density at radius 2 is 1.12 bits per heavy atom. The molecule has 11 rings (SSSR count). The van der Waals surface area contributed by atoms with E-state index in [9.17, 15) is 0 Å².